The van der Waals surface area contributed by atoms with E-state index >= 15 is 0 Å². The van der Waals surface area contributed by atoms with Crippen LogP contribution in [0.5, 0.6) is 11.5 Å². The van der Waals surface area contributed by atoms with Crippen LogP contribution in [0.2, 0.25) is 0 Å². The molecule has 4 unspecified atom stereocenters. The van der Waals surface area contributed by atoms with Gasteiger partial charge in [-0.1, -0.05) is 24.3 Å². The number of aromatic hydroxyl groups is 2. The lowest BCUT2D eigenvalue weighted by molar-refractivity contribution is -0.147. The highest BCUT2D eigenvalue weighted by molar-refractivity contribution is 5.94. The van der Waals surface area contributed by atoms with Crippen LogP contribution in [0.4, 0.5) is 0 Å². The molecule has 38 heavy (non-hydrogen) atoms. The van der Waals surface area contributed by atoms with Crippen LogP contribution in [-0.2, 0) is 36.8 Å². The van der Waals surface area contributed by atoms with Crippen LogP contribution in [0.1, 0.15) is 24.5 Å². The highest BCUT2D eigenvalue weighted by Crippen LogP contribution is 2.13. The van der Waals surface area contributed by atoms with Crippen molar-refractivity contribution in [2.75, 3.05) is 0 Å². The summed E-state index contributed by atoms with van der Waals surface area (Å²) in [5.41, 5.74) is 7.25. The van der Waals surface area contributed by atoms with Crippen LogP contribution in [0.15, 0.2) is 48.5 Å². The third-order valence-electron chi connectivity index (χ3n) is 5.48. The number of amides is 3. The normalized spacial score (nSPS) is 13.8. The second kappa shape index (κ2) is 13.6. The number of nitrogens with one attached hydrogen (secondary N) is 3. The third kappa shape index (κ3) is 9.43. The molecule has 0 saturated heterocycles. The van der Waals surface area contributed by atoms with E-state index in [1.807, 2.05) is 0 Å². The van der Waals surface area contributed by atoms with Crippen molar-refractivity contribution < 1.29 is 44.4 Å². The van der Waals surface area contributed by atoms with Crippen LogP contribution in [0.25, 0.3) is 0 Å². The molecule has 13 heteroatoms. The molecule has 2 aromatic carbocycles. The SMILES string of the molecule is CC(NC(=O)C(Cc1ccc(O)cc1)NC(=O)C(N)Cc1ccc(O)cc1)C(=O)NC(CC(=O)O)C(=O)O. The molecule has 0 heterocycles. The maximum atomic E-state index is 13.0. The molecule has 13 nitrogen and oxygen atoms in total. The fourth-order valence-electron chi connectivity index (χ4n) is 3.39. The molecule has 204 valence electrons. The quantitative estimate of drug-likeness (QED) is 0.161. The smallest absolute Gasteiger partial charge is 0.326 e. The van der Waals surface area contributed by atoms with E-state index < -0.39 is 60.2 Å². The zero-order valence-electron chi connectivity index (χ0n) is 20.5. The van der Waals surface area contributed by atoms with Crippen molar-refractivity contribution in [1.82, 2.24) is 16.0 Å². The Labute approximate surface area is 217 Å². The van der Waals surface area contributed by atoms with Gasteiger partial charge in [-0.05, 0) is 48.7 Å². The van der Waals surface area contributed by atoms with Crippen LogP contribution in [0, 0.1) is 0 Å². The summed E-state index contributed by atoms with van der Waals surface area (Å²) in [5, 5.41) is 43.9. The van der Waals surface area contributed by atoms with Gasteiger partial charge < -0.3 is 42.1 Å². The molecule has 4 atom stereocenters. The molecule has 0 aliphatic carbocycles. The standard InChI is InChI=1S/C25H30N4O9/c1-13(22(34)29-20(25(37)38)12-21(32)33)27-24(36)19(11-15-4-8-17(31)9-5-15)28-23(35)18(26)10-14-2-6-16(30)7-3-14/h2-9,13,18-20,30-31H,10-12,26H2,1H3,(H,27,36)(H,28,35)(H,29,34)(H,32,33)(H,37,38). The monoisotopic (exact) mass is 530 g/mol. The minimum absolute atomic E-state index is 0.00524. The average molecular weight is 531 g/mol. The summed E-state index contributed by atoms with van der Waals surface area (Å²) in [4.78, 5) is 60.4. The van der Waals surface area contributed by atoms with Crippen molar-refractivity contribution in [3.63, 3.8) is 0 Å². The molecule has 0 aliphatic rings. The average Bonchev–Trinajstić information content (AvgIpc) is 2.85. The van der Waals surface area contributed by atoms with Crippen molar-refractivity contribution in [3.05, 3.63) is 59.7 Å². The van der Waals surface area contributed by atoms with E-state index in [9.17, 15) is 34.2 Å². The highest BCUT2D eigenvalue weighted by atomic mass is 16.4. The van der Waals surface area contributed by atoms with Gasteiger partial charge in [0.1, 0.15) is 29.6 Å². The van der Waals surface area contributed by atoms with E-state index in [1.165, 1.54) is 43.3 Å². The number of phenolic OH excluding ortho intramolecular Hbond substituents is 2. The Bertz CT molecular complexity index is 1150. The number of aliphatic carboxylic acids is 2. The first-order chi connectivity index (χ1) is 17.8. The molecular weight excluding hydrogens is 500 g/mol. The predicted molar refractivity (Wildman–Crippen MR) is 133 cm³/mol. The molecule has 0 aliphatic heterocycles. The lowest BCUT2D eigenvalue weighted by Gasteiger charge is -2.23. The molecule has 9 N–H and O–H groups in total. The summed E-state index contributed by atoms with van der Waals surface area (Å²) in [6.07, 6.45) is -0.784. The topological polar surface area (TPSA) is 228 Å². The van der Waals surface area contributed by atoms with Crippen LogP contribution in [-0.4, -0.2) is 74.3 Å². The highest BCUT2D eigenvalue weighted by Gasteiger charge is 2.29. The second-order valence-electron chi connectivity index (χ2n) is 8.64. The number of carbonyl (C=O) groups excluding carboxylic acids is 3. The molecule has 0 aromatic heterocycles. The Morgan fingerprint density at radius 2 is 1.18 bits per heavy atom. The second-order valence-corrected chi connectivity index (χ2v) is 8.64. The maximum Gasteiger partial charge on any atom is 0.326 e. The number of hydrogen-bond acceptors (Lipinski definition) is 8. The van der Waals surface area contributed by atoms with E-state index in [1.54, 1.807) is 12.1 Å². The predicted octanol–water partition coefficient (Wildman–Crippen LogP) is -0.756. The molecular formula is C25H30N4O9. The minimum Gasteiger partial charge on any atom is -0.508 e. The summed E-state index contributed by atoms with van der Waals surface area (Å²) in [7, 11) is 0. The van der Waals surface area contributed by atoms with Gasteiger partial charge in [-0.2, -0.15) is 0 Å². The zero-order chi connectivity index (χ0) is 28.4. The molecule has 3 amide bonds. The number of rotatable bonds is 13. The summed E-state index contributed by atoms with van der Waals surface area (Å²) < 4.78 is 0. The summed E-state index contributed by atoms with van der Waals surface area (Å²) in [5.74, 6) is -5.33. The van der Waals surface area contributed by atoms with E-state index in [0.29, 0.717) is 11.1 Å². The number of nitrogens with two attached hydrogens (primary N) is 1. The lowest BCUT2D eigenvalue weighted by atomic mass is 10.0. The van der Waals surface area contributed by atoms with Crippen molar-refractivity contribution in [2.24, 2.45) is 5.73 Å². The van der Waals surface area contributed by atoms with E-state index in [0.717, 1.165) is 0 Å². The van der Waals surface area contributed by atoms with Gasteiger partial charge in [0.15, 0.2) is 0 Å². The summed E-state index contributed by atoms with van der Waals surface area (Å²) in [6.45, 7) is 1.27. The first-order valence-corrected chi connectivity index (χ1v) is 11.5. The molecule has 2 rings (SSSR count). The molecule has 0 radical (unpaired) electrons. The largest absolute Gasteiger partial charge is 0.508 e. The number of hydrogen-bond donors (Lipinski definition) is 8. The lowest BCUT2D eigenvalue weighted by Crippen LogP contribution is -2.57. The molecule has 0 saturated carbocycles. The van der Waals surface area contributed by atoms with Gasteiger partial charge in [0, 0.05) is 6.42 Å². The Balaban J connectivity index is 2.12. The minimum atomic E-state index is -1.70. The maximum absolute atomic E-state index is 13.0. The van der Waals surface area contributed by atoms with Crippen molar-refractivity contribution in [3.8, 4) is 11.5 Å². The van der Waals surface area contributed by atoms with Crippen LogP contribution >= 0.6 is 0 Å². The van der Waals surface area contributed by atoms with Gasteiger partial charge in [-0.3, -0.25) is 19.2 Å². The van der Waals surface area contributed by atoms with Gasteiger partial charge >= 0.3 is 11.9 Å². The molecule has 0 bridgehead atoms. The summed E-state index contributed by atoms with van der Waals surface area (Å²) >= 11 is 0. The Hall–Kier alpha value is -4.65. The summed E-state index contributed by atoms with van der Waals surface area (Å²) in [6, 6.07) is 6.71. The Kier molecular flexibility index (Phi) is 10.6. The van der Waals surface area contributed by atoms with Crippen LogP contribution in [0.3, 0.4) is 0 Å². The molecule has 0 spiro atoms. The number of carboxylic acid groups (broad SMARTS) is 2. The van der Waals surface area contributed by atoms with Crippen LogP contribution < -0.4 is 21.7 Å². The fourth-order valence-corrected chi connectivity index (χ4v) is 3.39. The van der Waals surface area contributed by atoms with Gasteiger partial charge in [0.2, 0.25) is 17.7 Å². The number of benzene rings is 2. The van der Waals surface area contributed by atoms with Gasteiger partial charge in [0.25, 0.3) is 0 Å². The fraction of sp³-hybridized carbons (Fsp3) is 0.320. The number of phenols is 2. The van der Waals surface area contributed by atoms with E-state index in [4.69, 9.17) is 15.9 Å². The molecule has 2 aromatic rings. The third-order valence-corrected chi connectivity index (χ3v) is 5.48. The van der Waals surface area contributed by atoms with Gasteiger partial charge in [0.05, 0.1) is 12.5 Å². The van der Waals surface area contributed by atoms with Gasteiger partial charge in [-0.25, -0.2) is 4.79 Å². The van der Waals surface area contributed by atoms with Crippen molar-refractivity contribution in [2.45, 2.75) is 50.4 Å². The van der Waals surface area contributed by atoms with Gasteiger partial charge in [-0.15, -0.1) is 0 Å². The zero-order valence-corrected chi connectivity index (χ0v) is 20.5. The van der Waals surface area contributed by atoms with Crippen molar-refractivity contribution >= 4 is 29.7 Å². The molecule has 0 fully saturated rings. The first-order valence-electron chi connectivity index (χ1n) is 11.5. The number of carbonyl (C=O) groups is 5. The Morgan fingerprint density at radius 3 is 1.66 bits per heavy atom. The first kappa shape index (κ1) is 29.6. The number of carboxylic acids is 2. The Morgan fingerprint density at radius 1 is 0.711 bits per heavy atom. The van der Waals surface area contributed by atoms with E-state index in [-0.39, 0.29) is 24.3 Å². The van der Waals surface area contributed by atoms with E-state index in [2.05, 4.69) is 16.0 Å². The van der Waals surface area contributed by atoms with Crippen molar-refractivity contribution in [1.29, 1.82) is 0 Å².